The number of aromatic nitrogens is 3. The summed E-state index contributed by atoms with van der Waals surface area (Å²) in [6.07, 6.45) is 5.77. The summed E-state index contributed by atoms with van der Waals surface area (Å²) in [5.74, 6) is 0.537. The van der Waals surface area contributed by atoms with Gasteiger partial charge in [0.15, 0.2) is 5.13 Å². The van der Waals surface area contributed by atoms with E-state index in [4.69, 9.17) is 0 Å². The van der Waals surface area contributed by atoms with E-state index in [2.05, 4.69) is 20.1 Å². The van der Waals surface area contributed by atoms with E-state index in [1.165, 1.54) is 17.0 Å². The van der Waals surface area contributed by atoms with Crippen molar-refractivity contribution in [1.82, 2.24) is 20.1 Å². The Bertz CT molecular complexity index is 568. The normalized spacial score (nSPS) is 19.6. The van der Waals surface area contributed by atoms with Crippen molar-refractivity contribution in [2.24, 2.45) is 0 Å². The van der Waals surface area contributed by atoms with Gasteiger partial charge in [0.2, 0.25) is 5.91 Å². The number of thiazole rings is 1. The molecule has 0 radical (unpaired) electrons. The predicted molar refractivity (Wildman–Crippen MR) is 82.5 cm³/mol. The van der Waals surface area contributed by atoms with Crippen LogP contribution in [0.2, 0.25) is 0 Å². The quantitative estimate of drug-likeness (QED) is 0.934. The minimum atomic E-state index is 0.0928. The highest BCUT2D eigenvalue weighted by atomic mass is 32.1. The van der Waals surface area contributed by atoms with Gasteiger partial charge in [-0.05, 0) is 25.5 Å². The fraction of sp³-hybridized carbons (Fsp3) is 0.500. The third-order valence-electron chi connectivity index (χ3n) is 3.91. The summed E-state index contributed by atoms with van der Waals surface area (Å²) in [6, 6.07) is 2.03. The van der Waals surface area contributed by atoms with E-state index in [-0.39, 0.29) is 5.91 Å². The largest absolute Gasteiger partial charge is 0.294 e. The number of carbonyl (C=O) groups excluding carboxylic acids is 1. The number of aromatic amines is 1. The molecule has 7 heteroatoms. The van der Waals surface area contributed by atoms with Gasteiger partial charge in [0.05, 0.1) is 6.54 Å². The van der Waals surface area contributed by atoms with E-state index in [0.29, 0.717) is 12.5 Å². The lowest BCUT2D eigenvalue weighted by Gasteiger charge is -2.32. The van der Waals surface area contributed by atoms with Crippen LogP contribution in [0, 0.1) is 0 Å². The van der Waals surface area contributed by atoms with E-state index in [0.717, 1.165) is 31.1 Å². The Labute approximate surface area is 127 Å². The zero-order valence-corrected chi connectivity index (χ0v) is 12.8. The molecule has 1 aliphatic heterocycles. The average Bonchev–Trinajstić information content (AvgIpc) is 3.20. The fourth-order valence-corrected chi connectivity index (χ4v) is 3.36. The van der Waals surface area contributed by atoms with E-state index >= 15 is 0 Å². The van der Waals surface area contributed by atoms with Gasteiger partial charge >= 0.3 is 0 Å². The molecule has 112 valence electrons. The number of rotatable bonds is 4. The molecule has 6 nitrogen and oxygen atoms in total. The molecule has 0 bridgehead atoms. The lowest BCUT2D eigenvalue weighted by Crippen LogP contribution is -2.42. The summed E-state index contributed by atoms with van der Waals surface area (Å²) in [4.78, 5) is 20.4. The number of H-pyrrole nitrogens is 1. The second-order valence-corrected chi connectivity index (χ2v) is 6.23. The third kappa shape index (κ3) is 3.30. The molecule has 1 amide bonds. The highest BCUT2D eigenvalue weighted by Gasteiger charge is 2.25. The summed E-state index contributed by atoms with van der Waals surface area (Å²) in [5, 5.41) is 9.70. The van der Waals surface area contributed by atoms with Crippen molar-refractivity contribution in [2.75, 3.05) is 31.6 Å². The van der Waals surface area contributed by atoms with Crippen LogP contribution in [0.3, 0.4) is 0 Å². The number of amides is 1. The topological polar surface area (TPSA) is 65.1 Å². The van der Waals surface area contributed by atoms with E-state index in [1.54, 1.807) is 24.3 Å². The Morgan fingerprint density at radius 3 is 3.19 bits per heavy atom. The van der Waals surface area contributed by atoms with Crippen LogP contribution in [-0.2, 0) is 4.79 Å². The molecule has 0 aliphatic carbocycles. The summed E-state index contributed by atoms with van der Waals surface area (Å²) >= 11 is 1.48. The Morgan fingerprint density at radius 1 is 1.57 bits per heavy atom. The monoisotopic (exact) mass is 305 g/mol. The van der Waals surface area contributed by atoms with Crippen LogP contribution in [0.4, 0.5) is 5.13 Å². The van der Waals surface area contributed by atoms with E-state index in [1.807, 2.05) is 11.4 Å². The number of nitrogens with zero attached hydrogens (tertiary/aromatic N) is 4. The highest BCUT2D eigenvalue weighted by molar-refractivity contribution is 7.13. The molecular weight excluding hydrogens is 286 g/mol. The van der Waals surface area contributed by atoms with Crippen molar-refractivity contribution >= 4 is 22.4 Å². The van der Waals surface area contributed by atoms with Crippen LogP contribution >= 0.6 is 11.3 Å². The summed E-state index contributed by atoms with van der Waals surface area (Å²) in [6.45, 7) is 2.32. The Balaban J connectivity index is 1.58. The first-order chi connectivity index (χ1) is 10.2. The van der Waals surface area contributed by atoms with Crippen LogP contribution in [0.25, 0.3) is 0 Å². The summed E-state index contributed by atoms with van der Waals surface area (Å²) in [5.41, 5.74) is 1.17. The van der Waals surface area contributed by atoms with Crippen molar-refractivity contribution in [3.05, 3.63) is 29.5 Å². The highest BCUT2D eigenvalue weighted by Crippen LogP contribution is 2.25. The molecule has 0 spiro atoms. The Kier molecular flexibility index (Phi) is 4.31. The average molecular weight is 305 g/mol. The Morgan fingerprint density at radius 2 is 2.48 bits per heavy atom. The number of carbonyl (C=O) groups is 1. The first-order valence-electron chi connectivity index (χ1n) is 7.11. The first-order valence-corrected chi connectivity index (χ1v) is 7.99. The summed E-state index contributed by atoms with van der Waals surface area (Å²) in [7, 11) is 1.79. The lowest BCUT2D eigenvalue weighted by atomic mass is 9.95. The maximum atomic E-state index is 12.3. The van der Waals surface area contributed by atoms with Gasteiger partial charge in [0.1, 0.15) is 0 Å². The number of piperidine rings is 1. The second kappa shape index (κ2) is 6.36. The SMILES string of the molecule is CN(C(=O)CN1CCCC(c2ccn[nH]2)C1)c1nccs1. The molecule has 0 aromatic carbocycles. The number of nitrogens with one attached hydrogen (secondary N) is 1. The number of likely N-dealkylation sites (N-methyl/N-ethyl adjacent to an activating group) is 1. The second-order valence-electron chi connectivity index (χ2n) is 5.35. The summed E-state index contributed by atoms with van der Waals surface area (Å²) < 4.78 is 0. The first kappa shape index (κ1) is 14.2. The van der Waals surface area contributed by atoms with Gasteiger partial charge in [0, 0.05) is 43.0 Å². The number of hydrogen-bond acceptors (Lipinski definition) is 5. The van der Waals surface area contributed by atoms with Gasteiger partial charge in [0.25, 0.3) is 0 Å². The van der Waals surface area contributed by atoms with Crippen LogP contribution in [-0.4, -0.2) is 52.7 Å². The molecule has 21 heavy (non-hydrogen) atoms. The Hall–Kier alpha value is -1.73. The number of likely N-dealkylation sites (tertiary alicyclic amines) is 1. The van der Waals surface area contributed by atoms with Crippen molar-refractivity contribution < 1.29 is 4.79 Å². The van der Waals surface area contributed by atoms with Gasteiger partial charge in [-0.1, -0.05) is 0 Å². The van der Waals surface area contributed by atoms with Gasteiger partial charge in [-0.3, -0.25) is 19.7 Å². The zero-order valence-electron chi connectivity index (χ0n) is 12.0. The molecule has 3 rings (SSSR count). The van der Waals surface area contributed by atoms with E-state index in [9.17, 15) is 4.79 Å². The molecule has 1 atom stereocenters. The van der Waals surface area contributed by atoms with Gasteiger partial charge in [-0.15, -0.1) is 11.3 Å². The number of anilines is 1. The third-order valence-corrected chi connectivity index (χ3v) is 4.75. The minimum absolute atomic E-state index is 0.0928. The molecule has 1 unspecified atom stereocenters. The van der Waals surface area contributed by atoms with Crippen molar-refractivity contribution in [1.29, 1.82) is 0 Å². The van der Waals surface area contributed by atoms with Crippen molar-refractivity contribution in [3.63, 3.8) is 0 Å². The van der Waals surface area contributed by atoms with Gasteiger partial charge in [-0.25, -0.2) is 4.98 Å². The molecular formula is C14H19N5OS. The van der Waals surface area contributed by atoms with Crippen LogP contribution < -0.4 is 4.90 Å². The van der Waals surface area contributed by atoms with Gasteiger partial charge in [-0.2, -0.15) is 5.10 Å². The smallest absolute Gasteiger partial charge is 0.242 e. The molecule has 1 fully saturated rings. The molecule has 1 aliphatic rings. The minimum Gasteiger partial charge on any atom is -0.294 e. The van der Waals surface area contributed by atoms with Crippen molar-refractivity contribution in [3.8, 4) is 0 Å². The number of hydrogen-bond donors (Lipinski definition) is 1. The molecule has 1 saturated heterocycles. The fourth-order valence-electron chi connectivity index (χ4n) is 2.73. The lowest BCUT2D eigenvalue weighted by molar-refractivity contribution is -0.119. The van der Waals surface area contributed by atoms with E-state index < -0.39 is 0 Å². The predicted octanol–water partition coefficient (Wildman–Crippen LogP) is 1.71. The molecule has 3 heterocycles. The molecule has 2 aromatic heterocycles. The maximum Gasteiger partial charge on any atom is 0.242 e. The standard InChI is InChI=1S/C14H19N5OS/c1-18(14-15-6-8-21-14)13(20)10-19-7-2-3-11(9-19)12-4-5-16-17-12/h4-6,8,11H,2-3,7,9-10H2,1H3,(H,16,17). The molecule has 1 N–H and O–H groups in total. The van der Waals surface area contributed by atoms with Crippen LogP contribution in [0.5, 0.6) is 0 Å². The van der Waals surface area contributed by atoms with Crippen molar-refractivity contribution in [2.45, 2.75) is 18.8 Å². The van der Waals surface area contributed by atoms with Gasteiger partial charge < -0.3 is 0 Å². The molecule has 0 saturated carbocycles. The van der Waals surface area contributed by atoms with Crippen LogP contribution in [0.15, 0.2) is 23.8 Å². The van der Waals surface area contributed by atoms with Crippen LogP contribution in [0.1, 0.15) is 24.5 Å². The molecule has 2 aromatic rings. The zero-order chi connectivity index (χ0) is 14.7. The maximum absolute atomic E-state index is 12.3.